The van der Waals surface area contributed by atoms with Crippen molar-refractivity contribution >= 4 is 19.7 Å². The summed E-state index contributed by atoms with van der Waals surface area (Å²) < 4.78 is 57.8. The predicted molar refractivity (Wildman–Crippen MR) is 44.5 cm³/mol. The van der Waals surface area contributed by atoms with Gasteiger partial charge in [-0.15, -0.1) is 0 Å². The molecule has 0 spiro atoms. The normalized spacial score (nSPS) is 12.0. The molecule has 8 heteroatoms. The van der Waals surface area contributed by atoms with Gasteiger partial charge in [-0.1, -0.05) is 6.07 Å². The van der Waals surface area contributed by atoms with E-state index in [0.29, 0.717) is 6.07 Å². The molecule has 0 heterocycles. The second kappa shape index (κ2) is 4.59. The van der Waals surface area contributed by atoms with Crippen molar-refractivity contribution in [2.75, 3.05) is 0 Å². The molecule has 0 aliphatic rings. The molecule has 0 fully saturated rings. The number of hydrogen-bond donors (Lipinski definition) is 0. The molecule has 0 aliphatic carbocycles. The first-order valence-corrected chi connectivity index (χ1v) is 5.64. The molecule has 0 amide bonds. The minimum atomic E-state index is -4.57. The smallest absolute Gasteiger partial charge is 0.416 e. The van der Waals surface area contributed by atoms with Gasteiger partial charge in [-0.3, -0.25) is 0 Å². The maximum absolute atomic E-state index is 12.1. The Bertz CT molecular complexity index is 442. The Morgan fingerprint density at radius 2 is 1.73 bits per heavy atom. The van der Waals surface area contributed by atoms with Crippen LogP contribution in [0.1, 0.15) is 5.56 Å². The zero-order valence-electron chi connectivity index (χ0n) is 6.92. The lowest BCUT2D eigenvalue weighted by molar-refractivity contribution is -0.137. The summed E-state index contributed by atoms with van der Waals surface area (Å²) in [7, 11) is 0.772. The van der Waals surface area contributed by atoms with Crippen molar-refractivity contribution < 1.29 is 34.0 Å². The summed E-state index contributed by atoms with van der Waals surface area (Å²) in [6, 6.07) is 3.24. The molecule has 1 aromatic carbocycles. The highest BCUT2D eigenvalue weighted by atomic mass is 35.7. The van der Waals surface area contributed by atoms with E-state index in [-0.39, 0.29) is 12.4 Å². The van der Waals surface area contributed by atoms with Gasteiger partial charge >= 0.3 is 6.18 Å². The summed E-state index contributed by atoms with van der Waals surface area (Å²) in [5.74, 6) is 0. The van der Waals surface area contributed by atoms with Crippen LogP contribution in [0, 0.1) is 0 Å². The highest BCUT2D eigenvalue weighted by Crippen LogP contribution is 2.30. The lowest BCUT2D eigenvalue weighted by atomic mass is 10.2. The third kappa shape index (κ3) is 3.89. The van der Waals surface area contributed by atoms with Gasteiger partial charge < -0.3 is 12.4 Å². The molecule has 0 N–H and O–H groups in total. The number of rotatable bonds is 1. The van der Waals surface area contributed by atoms with Gasteiger partial charge in [0.05, 0.1) is 10.5 Å². The topological polar surface area (TPSA) is 34.1 Å². The molecule has 2 nitrogen and oxygen atoms in total. The standard InChI is InChI=1S/C7H4ClF3O2S.ClH/c8-14(12,13)6-3-1-2-5(4-6)7(9,10)11;/h1-4H;1H/p-1. The van der Waals surface area contributed by atoms with Crippen molar-refractivity contribution in [2.45, 2.75) is 11.1 Å². The summed E-state index contributed by atoms with van der Waals surface area (Å²) in [4.78, 5) is -0.561. The molecule has 0 saturated carbocycles. The SMILES string of the molecule is O=S(=O)(Cl)c1cccc(C(F)(F)F)c1.[Cl-]. The van der Waals surface area contributed by atoms with E-state index >= 15 is 0 Å². The first kappa shape index (κ1) is 14.5. The molecule has 0 radical (unpaired) electrons. The number of halogens is 5. The van der Waals surface area contributed by atoms with Crippen molar-refractivity contribution in [3.63, 3.8) is 0 Å². The Hall–Kier alpha value is -0.460. The molecule has 86 valence electrons. The van der Waals surface area contributed by atoms with Crippen LogP contribution in [-0.2, 0) is 15.2 Å². The van der Waals surface area contributed by atoms with Gasteiger partial charge in [-0.25, -0.2) is 8.42 Å². The lowest BCUT2D eigenvalue weighted by Gasteiger charge is -2.06. The van der Waals surface area contributed by atoms with Gasteiger partial charge in [0.15, 0.2) is 0 Å². The summed E-state index contributed by atoms with van der Waals surface area (Å²) in [5, 5.41) is 0. The van der Waals surface area contributed by atoms with Gasteiger partial charge in [-0.05, 0) is 18.2 Å². The molecule has 1 aromatic rings. The van der Waals surface area contributed by atoms with Crippen LogP contribution in [0.15, 0.2) is 29.2 Å². The van der Waals surface area contributed by atoms with Crippen LogP contribution in [0.2, 0.25) is 0 Å². The molecule has 0 saturated heterocycles. The third-order valence-corrected chi connectivity index (χ3v) is 2.79. The zero-order valence-corrected chi connectivity index (χ0v) is 9.25. The van der Waals surface area contributed by atoms with Crippen LogP contribution in [-0.4, -0.2) is 8.42 Å². The highest BCUT2D eigenvalue weighted by molar-refractivity contribution is 8.13. The van der Waals surface area contributed by atoms with Crippen LogP contribution < -0.4 is 12.4 Å². The summed E-state index contributed by atoms with van der Waals surface area (Å²) in [6.45, 7) is 0. The first-order chi connectivity index (χ1) is 6.21. The van der Waals surface area contributed by atoms with E-state index < -0.39 is 25.7 Å². The minimum Gasteiger partial charge on any atom is -1.00 e. The molecule has 0 atom stereocenters. The fourth-order valence-electron chi connectivity index (χ4n) is 0.824. The maximum atomic E-state index is 12.1. The molecule has 15 heavy (non-hydrogen) atoms. The average molecular weight is 280 g/mol. The van der Waals surface area contributed by atoms with Gasteiger partial charge in [-0.2, -0.15) is 13.2 Å². The minimum absolute atomic E-state index is 0. The monoisotopic (exact) mass is 279 g/mol. The molecule has 0 aromatic heterocycles. The van der Waals surface area contributed by atoms with E-state index in [1.165, 1.54) is 0 Å². The van der Waals surface area contributed by atoms with Gasteiger partial charge in [0.25, 0.3) is 9.05 Å². The molecule has 0 bridgehead atoms. The fraction of sp³-hybridized carbons (Fsp3) is 0.143. The van der Waals surface area contributed by atoms with E-state index in [4.69, 9.17) is 10.7 Å². The predicted octanol–water partition coefficient (Wildman–Crippen LogP) is -0.363. The summed E-state index contributed by atoms with van der Waals surface area (Å²) in [5.41, 5.74) is -1.04. The van der Waals surface area contributed by atoms with Crippen molar-refractivity contribution in [1.82, 2.24) is 0 Å². The summed E-state index contributed by atoms with van der Waals surface area (Å²) in [6.07, 6.45) is -4.57. The Balaban J connectivity index is 0.00000196. The Morgan fingerprint density at radius 3 is 2.13 bits per heavy atom. The Morgan fingerprint density at radius 1 is 1.20 bits per heavy atom. The fourth-order valence-corrected chi connectivity index (χ4v) is 1.62. The number of alkyl halides is 3. The van der Waals surface area contributed by atoms with E-state index in [1.54, 1.807) is 0 Å². The van der Waals surface area contributed by atoms with Gasteiger partial charge in [0.1, 0.15) is 0 Å². The summed E-state index contributed by atoms with van der Waals surface area (Å²) >= 11 is 0. The van der Waals surface area contributed by atoms with Gasteiger partial charge in [0.2, 0.25) is 0 Å². The Kier molecular flexibility index (Phi) is 4.45. The van der Waals surface area contributed by atoms with E-state index in [0.717, 1.165) is 18.2 Å². The maximum Gasteiger partial charge on any atom is 0.416 e. The largest absolute Gasteiger partial charge is 1.00 e. The van der Waals surface area contributed by atoms with Crippen LogP contribution in [0.25, 0.3) is 0 Å². The molecule has 0 unspecified atom stereocenters. The van der Waals surface area contributed by atoms with Crippen molar-refractivity contribution in [3.05, 3.63) is 29.8 Å². The van der Waals surface area contributed by atoms with Crippen molar-refractivity contribution in [3.8, 4) is 0 Å². The van der Waals surface area contributed by atoms with Crippen LogP contribution in [0.4, 0.5) is 13.2 Å². The molecule has 0 aliphatic heterocycles. The molecule has 1 rings (SSSR count). The first-order valence-electron chi connectivity index (χ1n) is 3.33. The molecular weight excluding hydrogens is 276 g/mol. The van der Waals surface area contributed by atoms with Crippen molar-refractivity contribution in [2.24, 2.45) is 0 Å². The number of hydrogen-bond acceptors (Lipinski definition) is 2. The second-order valence-electron chi connectivity index (χ2n) is 2.46. The molecular formula is C7H4Cl2F3O2S-. The highest BCUT2D eigenvalue weighted by Gasteiger charge is 2.31. The average Bonchev–Trinajstić information content (AvgIpc) is 2.01. The quantitative estimate of drug-likeness (QED) is 0.658. The van der Waals surface area contributed by atoms with E-state index in [2.05, 4.69) is 0 Å². The van der Waals surface area contributed by atoms with Crippen LogP contribution in [0.5, 0.6) is 0 Å². The van der Waals surface area contributed by atoms with Crippen LogP contribution >= 0.6 is 10.7 Å². The third-order valence-electron chi connectivity index (χ3n) is 1.44. The Labute approximate surface area is 94.9 Å². The van der Waals surface area contributed by atoms with Gasteiger partial charge in [0, 0.05) is 10.7 Å². The number of benzene rings is 1. The van der Waals surface area contributed by atoms with E-state index in [9.17, 15) is 21.6 Å². The second-order valence-corrected chi connectivity index (χ2v) is 5.03. The zero-order chi connectivity index (χ0) is 11.0. The van der Waals surface area contributed by atoms with Crippen molar-refractivity contribution in [1.29, 1.82) is 0 Å². The van der Waals surface area contributed by atoms with Crippen LogP contribution in [0.3, 0.4) is 0 Å². The van der Waals surface area contributed by atoms with E-state index in [1.807, 2.05) is 0 Å². The lowest BCUT2D eigenvalue weighted by Crippen LogP contribution is -3.00.